The highest BCUT2D eigenvalue weighted by Gasteiger charge is 2.34. The van der Waals surface area contributed by atoms with Crippen LogP contribution in [0.25, 0.3) is 5.65 Å². The van der Waals surface area contributed by atoms with Gasteiger partial charge in [-0.2, -0.15) is 5.10 Å². The molecule has 3 heterocycles. The second-order valence-electron chi connectivity index (χ2n) is 7.66. The molecule has 1 aliphatic rings. The van der Waals surface area contributed by atoms with Gasteiger partial charge in [0.05, 0.1) is 12.4 Å². The minimum absolute atomic E-state index is 0.473. The standard InChI is InChI=1S/C21H24N4O/c1-13(2)10-21(5)24-19(16-8-6-7-9-18(16)26-21)17-12-22-20-15(4)14(3)11-23-25(17)20/h6-9,11-13H,10H2,1-5H3. The van der Waals surface area contributed by atoms with Crippen LogP contribution in [0, 0.1) is 19.8 Å². The van der Waals surface area contributed by atoms with Crippen molar-refractivity contribution in [1.82, 2.24) is 14.6 Å². The van der Waals surface area contributed by atoms with Crippen LogP contribution in [0.2, 0.25) is 0 Å². The molecule has 2 aromatic heterocycles. The number of aromatic nitrogens is 3. The van der Waals surface area contributed by atoms with Crippen LogP contribution in [0.1, 0.15) is 49.6 Å². The van der Waals surface area contributed by atoms with Gasteiger partial charge < -0.3 is 4.74 Å². The van der Waals surface area contributed by atoms with E-state index in [9.17, 15) is 0 Å². The first-order valence-corrected chi connectivity index (χ1v) is 9.06. The van der Waals surface area contributed by atoms with Gasteiger partial charge in [0.15, 0.2) is 11.4 Å². The largest absolute Gasteiger partial charge is 0.466 e. The lowest BCUT2D eigenvalue weighted by Crippen LogP contribution is -2.37. The van der Waals surface area contributed by atoms with E-state index in [1.165, 1.54) is 0 Å². The minimum atomic E-state index is -0.595. The van der Waals surface area contributed by atoms with Gasteiger partial charge >= 0.3 is 0 Å². The summed E-state index contributed by atoms with van der Waals surface area (Å²) in [7, 11) is 0. The Bertz CT molecular complexity index is 1020. The van der Waals surface area contributed by atoms with Crippen molar-refractivity contribution < 1.29 is 4.74 Å². The van der Waals surface area contributed by atoms with Gasteiger partial charge in [0.2, 0.25) is 0 Å². The number of aryl methyl sites for hydroxylation is 2. The Morgan fingerprint density at radius 2 is 1.92 bits per heavy atom. The second kappa shape index (κ2) is 5.94. The van der Waals surface area contributed by atoms with Crippen molar-refractivity contribution in [1.29, 1.82) is 0 Å². The Labute approximate surface area is 153 Å². The molecule has 0 radical (unpaired) electrons. The van der Waals surface area contributed by atoms with E-state index in [0.717, 1.165) is 45.9 Å². The van der Waals surface area contributed by atoms with E-state index in [1.807, 2.05) is 41.2 Å². The summed E-state index contributed by atoms with van der Waals surface area (Å²) in [5, 5.41) is 4.59. The molecule has 0 saturated heterocycles. The summed E-state index contributed by atoms with van der Waals surface area (Å²) in [6.07, 6.45) is 4.59. The zero-order valence-electron chi connectivity index (χ0n) is 15.9. The molecule has 1 aliphatic heterocycles. The summed E-state index contributed by atoms with van der Waals surface area (Å²) >= 11 is 0. The van der Waals surface area contributed by atoms with Gasteiger partial charge in [-0.1, -0.05) is 26.0 Å². The minimum Gasteiger partial charge on any atom is -0.466 e. The molecule has 134 valence electrons. The van der Waals surface area contributed by atoms with E-state index in [-0.39, 0.29) is 0 Å². The molecule has 0 aliphatic carbocycles. The Morgan fingerprint density at radius 1 is 1.15 bits per heavy atom. The van der Waals surface area contributed by atoms with Gasteiger partial charge in [-0.05, 0) is 49.9 Å². The van der Waals surface area contributed by atoms with E-state index < -0.39 is 5.72 Å². The molecule has 3 aromatic rings. The van der Waals surface area contributed by atoms with Crippen LogP contribution in [0.15, 0.2) is 41.7 Å². The third kappa shape index (κ3) is 2.68. The number of hydrogen-bond donors (Lipinski definition) is 0. The molecule has 4 rings (SSSR count). The van der Waals surface area contributed by atoms with Crippen LogP contribution in [-0.2, 0) is 0 Å². The number of aliphatic imine (C=N–C) groups is 1. The highest BCUT2D eigenvalue weighted by molar-refractivity contribution is 6.14. The molecule has 0 bridgehead atoms. The molecule has 1 unspecified atom stereocenters. The molecule has 0 spiro atoms. The lowest BCUT2D eigenvalue weighted by atomic mass is 9.97. The third-order valence-corrected chi connectivity index (χ3v) is 4.88. The van der Waals surface area contributed by atoms with Gasteiger partial charge in [-0.25, -0.2) is 14.5 Å². The summed E-state index contributed by atoms with van der Waals surface area (Å²) in [5.74, 6) is 1.33. The summed E-state index contributed by atoms with van der Waals surface area (Å²) in [4.78, 5) is 9.65. The Morgan fingerprint density at radius 3 is 2.69 bits per heavy atom. The van der Waals surface area contributed by atoms with Crippen LogP contribution < -0.4 is 4.74 Å². The predicted octanol–water partition coefficient (Wildman–Crippen LogP) is 4.34. The van der Waals surface area contributed by atoms with Crippen molar-refractivity contribution >= 4 is 11.4 Å². The topological polar surface area (TPSA) is 51.8 Å². The van der Waals surface area contributed by atoms with E-state index in [1.54, 1.807) is 0 Å². The quantitative estimate of drug-likeness (QED) is 0.707. The molecule has 0 amide bonds. The van der Waals surface area contributed by atoms with Crippen LogP contribution in [-0.4, -0.2) is 26.0 Å². The molecule has 5 nitrogen and oxygen atoms in total. The molecule has 1 atom stereocenters. The van der Waals surface area contributed by atoms with Crippen molar-refractivity contribution in [3.05, 3.63) is 59.0 Å². The van der Waals surface area contributed by atoms with Crippen molar-refractivity contribution in [2.24, 2.45) is 10.9 Å². The van der Waals surface area contributed by atoms with Gasteiger partial charge in [-0.3, -0.25) is 0 Å². The lowest BCUT2D eigenvalue weighted by molar-refractivity contribution is 0.0711. The first-order chi connectivity index (χ1) is 12.4. The first kappa shape index (κ1) is 16.8. The first-order valence-electron chi connectivity index (χ1n) is 9.06. The van der Waals surface area contributed by atoms with Gasteiger partial charge in [-0.15, -0.1) is 0 Å². The third-order valence-electron chi connectivity index (χ3n) is 4.88. The number of ether oxygens (including phenoxy) is 1. The Hall–Kier alpha value is -2.69. The van der Waals surface area contributed by atoms with Gasteiger partial charge in [0.25, 0.3) is 0 Å². The summed E-state index contributed by atoms with van der Waals surface area (Å²) in [5.41, 5.74) is 5.31. The SMILES string of the molecule is Cc1cnn2c(C3=NC(C)(CC(C)C)Oc4ccccc43)cnc2c1C. The van der Waals surface area contributed by atoms with Gasteiger partial charge in [0.1, 0.15) is 17.2 Å². The van der Waals surface area contributed by atoms with Crippen LogP contribution in [0.3, 0.4) is 0 Å². The van der Waals surface area contributed by atoms with Crippen molar-refractivity contribution in [3.63, 3.8) is 0 Å². The summed E-state index contributed by atoms with van der Waals surface area (Å²) in [6, 6.07) is 8.06. The van der Waals surface area contributed by atoms with Crippen molar-refractivity contribution in [3.8, 4) is 5.75 Å². The van der Waals surface area contributed by atoms with Crippen molar-refractivity contribution in [2.75, 3.05) is 0 Å². The maximum Gasteiger partial charge on any atom is 0.198 e. The van der Waals surface area contributed by atoms with Crippen LogP contribution in [0.5, 0.6) is 5.75 Å². The number of imidazole rings is 1. The summed E-state index contributed by atoms with van der Waals surface area (Å²) in [6.45, 7) is 10.6. The molecule has 26 heavy (non-hydrogen) atoms. The Balaban J connectivity index is 1.94. The number of benzene rings is 1. The molecular weight excluding hydrogens is 324 g/mol. The van der Waals surface area contributed by atoms with Crippen LogP contribution in [0.4, 0.5) is 0 Å². The average molecular weight is 348 g/mol. The molecule has 0 fully saturated rings. The molecule has 5 heteroatoms. The molecular formula is C21H24N4O. The van der Waals surface area contributed by atoms with E-state index in [2.05, 4.69) is 44.7 Å². The molecule has 1 aromatic carbocycles. The number of para-hydroxylation sites is 1. The monoisotopic (exact) mass is 348 g/mol. The van der Waals surface area contributed by atoms with Gasteiger partial charge in [0, 0.05) is 12.0 Å². The zero-order valence-corrected chi connectivity index (χ0v) is 15.9. The average Bonchev–Trinajstić information content (AvgIpc) is 3.01. The highest BCUT2D eigenvalue weighted by Crippen LogP contribution is 2.35. The number of hydrogen-bond acceptors (Lipinski definition) is 4. The fourth-order valence-corrected chi connectivity index (χ4v) is 3.65. The molecule has 0 N–H and O–H groups in total. The van der Waals surface area contributed by atoms with E-state index >= 15 is 0 Å². The maximum atomic E-state index is 6.28. The second-order valence-corrected chi connectivity index (χ2v) is 7.66. The number of fused-ring (bicyclic) bond motifs is 2. The maximum absolute atomic E-state index is 6.28. The normalized spacial score (nSPS) is 19.4. The fourth-order valence-electron chi connectivity index (χ4n) is 3.65. The predicted molar refractivity (Wildman–Crippen MR) is 103 cm³/mol. The van der Waals surface area contributed by atoms with Crippen LogP contribution >= 0.6 is 0 Å². The Kier molecular flexibility index (Phi) is 3.83. The smallest absolute Gasteiger partial charge is 0.198 e. The highest BCUT2D eigenvalue weighted by atomic mass is 16.5. The number of nitrogens with zero attached hydrogens (tertiary/aromatic N) is 4. The van der Waals surface area contributed by atoms with E-state index in [4.69, 9.17) is 9.73 Å². The van der Waals surface area contributed by atoms with Crippen molar-refractivity contribution in [2.45, 2.75) is 46.8 Å². The summed E-state index contributed by atoms with van der Waals surface area (Å²) < 4.78 is 8.16. The van der Waals surface area contributed by atoms with E-state index in [0.29, 0.717) is 5.92 Å². The zero-order chi connectivity index (χ0) is 18.5. The molecule has 0 saturated carbocycles. The fraction of sp³-hybridized carbons (Fsp3) is 0.381. The number of rotatable bonds is 3. The lowest BCUT2D eigenvalue weighted by Gasteiger charge is -2.34.